The van der Waals surface area contributed by atoms with Crippen LogP contribution in [0.4, 0.5) is 11.4 Å². The highest BCUT2D eigenvalue weighted by atomic mass is 32.2. The second kappa shape index (κ2) is 7.77. The summed E-state index contributed by atoms with van der Waals surface area (Å²) in [6.45, 7) is 3.33. The van der Waals surface area contributed by atoms with Crippen molar-refractivity contribution in [3.05, 3.63) is 59.9 Å². The zero-order chi connectivity index (χ0) is 20.3. The number of rotatable bonds is 6. The van der Waals surface area contributed by atoms with Gasteiger partial charge in [-0.25, -0.2) is 8.42 Å². The first kappa shape index (κ1) is 19.5. The van der Waals surface area contributed by atoms with Crippen LogP contribution in [0.1, 0.15) is 11.4 Å². The van der Waals surface area contributed by atoms with E-state index in [1.54, 1.807) is 55.5 Å². The van der Waals surface area contributed by atoms with Gasteiger partial charge in [0.05, 0.1) is 17.6 Å². The van der Waals surface area contributed by atoms with Gasteiger partial charge in [0.15, 0.2) is 5.82 Å². The number of hydrogen-bond donors (Lipinski definition) is 1. The second-order valence-electron chi connectivity index (χ2n) is 6.34. The van der Waals surface area contributed by atoms with Crippen molar-refractivity contribution in [2.24, 2.45) is 0 Å². The first-order valence-electron chi connectivity index (χ1n) is 8.44. The van der Waals surface area contributed by atoms with Gasteiger partial charge in [0.1, 0.15) is 6.54 Å². The molecule has 10 heteroatoms. The lowest BCUT2D eigenvalue weighted by Crippen LogP contribution is -2.37. The number of amides is 1. The highest BCUT2D eigenvalue weighted by Crippen LogP contribution is 2.19. The number of carbonyl (C=O) groups is 1. The Hall–Kier alpha value is -3.27. The average Bonchev–Trinajstić information content (AvgIpc) is 3.06. The van der Waals surface area contributed by atoms with Crippen LogP contribution in [0, 0.1) is 13.8 Å². The predicted molar refractivity (Wildman–Crippen MR) is 106 cm³/mol. The summed E-state index contributed by atoms with van der Waals surface area (Å²) in [6, 6.07) is 13.9. The number of sulfonamides is 1. The zero-order valence-corrected chi connectivity index (χ0v) is 16.5. The molecule has 146 valence electrons. The summed E-state index contributed by atoms with van der Waals surface area (Å²) in [5.74, 6) is 0.141. The van der Waals surface area contributed by atoms with Crippen molar-refractivity contribution in [1.82, 2.24) is 20.2 Å². The third-order valence-electron chi connectivity index (χ3n) is 4.01. The van der Waals surface area contributed by atoms with Crippen LogP contribution in [0.25, 0.3) is 5.69 Å². The summed E-state index contributed by atoms with van der Waals surface area (Å²) in [5, 5.41) is 14.0. The molecule has 0 saturated heterocycles. The largest absolute Gasteiger partial charge is 0.324 e. The van der Waals surface area contributed by atoms with E-state index >= 15 is 0 Å². The molecular weight excluding hydrogens is 380 g/mol. The molecule has 0 aliphatic carbocycles. The summed E-state index contributed by atoms with van der Waals surface area (Å²) >= 11 is 0. The summed E-state index contributed by atoms with van der Waals surface area (Å²) in [7, 11) is -3.63. The van der Waals surface area contributed by atoms with E-state index in [2.05, 4.69) is 20.8 Å². The van der Waals surface area contributed by atoms with Gasteiger partial charge in [-0.2, -0.15) is 4.68 Å². The molecule has 0 aliphatic heterocycles. The van der Waals surface area contributed by atoms with E-state index in [0.717, 1.165) is 16.1 Å². The molecule has 3 rings (SSSR count). The summed E-state index contributed by atoms with van der Waals surface area (Å²) in [5.41, 5.74) is 2.62. The number of tetrazole rings is 1. The van der Waals surface area contributed by atoms with Gasteiger partial charge >= 0.3 is 0 Å². The zero-order valence-electron chi connectivity index (χ0n) is 15.7. The number of nitrogens with one attached hydrogen (secondary N) is 1. The fraction of sp³-hybridized carbons (Fsp3) is 0.222. The minimum absolute atomic E-state index is 0.337. The van der Waals surface area contributed by atoms with E-state index < -0.39 is 15.9 Å². The summed E-state index contributed by atoms with van der Waals surface area (Å²) < 4.78 is 26.9. The Kier molecular flexibility index (Phi) is 5.41. The molecule has 0 spiro atoms. The number of hydrogen-bond acceptors (Lipinski definition) is 6. The van der Waals surface area contributed by atoms with Crippen molar-refractivity contribution in [1.29, 1.82) is 0 Å². The molecule has 0 saturated carbocycles. The standard InChI is InChI=1S/C18H20N6O3S/c1-13-7-9-16(10-8-13)23(28(3,26)27)12-18(25)19-15-5-4-6-17(11-15)24-14(2)20-21-22-24/h4-11H,12H2,1-3H3,(H,19,25). The number of aryl methyl sites for hydroxylation is 2. The predicted octanol–water partition coefficient (Wildman–Crippen LogP) is 1.68. The Bertz CT molecular complexity index is 1090. The Morgan fingerprint density at radius 2 is 1.86 bits per heavy atom. The van der Waals surface area contributed by atoms with Gasteiger partial charge in [0, 0.05) is 5.69 Å². The maximum absolute atomic E-state index is 12.5. The van der Waals surface area contributed by atoms with Crippen molar-refractivity contribution in [3.8, 4) is 5.69 Å². The minimum atomic E-state index is -3.63. The van der Waals surface area contributed by atoms with Crippen LogP contribution in [-0.4, -0.2) is 47.3 Å². The van der Waals surface area contributed by atoms with Crippen LogP contribution in [0.15, 0.2) is 48.5 Å². The molecule has 0 bridgehead atoms. The van der Waals surface area contributed by atoms with E-state index in [1.165, 1.54) is 4.68 Å². The van der Waals surface area contributed by atoms with Crippen LogP contribution in [0.2, 0.25) is 0 Å². The monoisotopic (exact) mass is 400 g/mol. The third kappa shape index (κ3) is 4.52. The maximum Gasteiger partial charge on any atom is 0.245 e. The van der Waals surface area contributed by atoms with Gasteiger partial charge in [0.25, 0.3) is 0 Å². The Balaban J connectivity index is 1.78. The molecule has 0 atom stereocenters. The summed E-state index contributed by atoms with van der Waals surface area (Å²) in [6.07, 6.45) is 1.07. The third-order valence-corrected chi connectivity index (χ3v) is 5.15. The molecule has 0 aliphatic rings. The molecule has 3 aromatic rings. The first-order chi connectivity index (χ1) is 13.2. The van der Waals surface area contributed by atoms with Crippen LogP contribution >= 0.6 is 0 Å². The molecular formula is C18H20N6O3S. The van der Waals surface area contributed by atoms with E-state index in [0.29, 0.717) is 22.9 Å². The Morgan fingerprint density at radius 3 is 2.46 bits per heavy atom. The number of anilines is 2. The van der Waals surface area contributed by atoms with Gasteiger partial charge in [0.2, 0.25) is 15.9 Å². The van der Waals surface area contributed by atoms with Crippen LogP contribution in [0.5, 0.6) is 0 Å². The number of benzene rings is 2. The molecule has 9 nitrogen and oxygen atoms in total. The smallest absolute Gasteiger partial charge is 0.245 e. The molecule has 1 aromatic heterocycles. The lowest BCUT2D eigenvalue weighted by atomic mass is 10.2. The van der Waals surface area contributed by atoms with E-state index in [-0.39, 0.29) is 6.54 Å². The van der Waals surface area contributed by atoms with Crippen LogP contribution < -0.4 is 9.62 Å². The van der Waals surface area contributed by atoms with Crippen molar-refractivity contribution >= 4 is 27.3 Å². The Labute approximate surface area is 163 Å². The van der Waals surface area contributed by atoms with E-state index in [1.807, 2.05) is 6.92 Å². The molecule has 0 fully saturated rings. The van der Waals surface area contributed by atoms with Crippen molar-refractivity contribution in [2.45, 2.75) is 13.8 Å². The lowest BCUT2D eigenvalue weighted by Gasteiger charge is -2.22. The highest BCUT2D eigenvalue weighted by molar-refractivity contribution is 7.92. The Morgan fingerprint density at radius 1 is 1.14 bits per heavy atom. The first-order valence-corrected chi connectivity index (χ1v) is 10.3. The fourth-order valence-corrected chi connectivity index (χ4v) is 3.48. The van der Waals surface area contributed by atoms with E-state index in [4.69, 9.17) is 0 Å². The minimum Gasteiger partial charge on any atom is -0.324 e. The molecule has 1 amide bonds. The summed E-state index contributed by atoms with van der Waals surface area (Å²) in [4.78, 5) is 12.5. The molecule has 28 heavy (non-hydrogen) atoms. The van der Waals surface area contributed by atoms with Gasteiger partial charge in [-0.1, -0.05) is 23.8 Å². The number of aromatic nitrogens is 4. The second-order valence-corrected chi connectivity index (χ2v) is 8.25. The van der Waals surface area contributed by atoms with Gasteiger partial charge in [-0.15, -0.1) is 5.10 Å². The molecule has 1 N–H and O–H groups in total. The molecule has 0 unspecified atom stereocenters. The average molecular weight is 400 g/mol. The highest BCUT2D eigenvalue weighted by Gasteiger charge is 2.21. The van der Waals surface area contributed by atoms with Gasteiger partial charge < -0.3 is 5.32 Å². The maximum atomic E-state index is 12.5. The molecule has 1 heterocycles. The normalized spacial score (nSPS) is 11.2. The quantitative estimate of drug-likeness (QED) is 0.674. The van der Waals surface area contributed by atoms with Crippen molar-refractivity contribution in [3.63, 3.8) is 0 Å². The van der Waals surface area contributed by atoms with Gasteiger partial charge in [-0.05, 0) is 54.6 Å². The van der Waals surface area contributed by atoms with Gasteiger partial charge in [-0.3, -0.25) is 9.10 Å². The van der Waals surface area contributed by atoms with Crippen molar-refractivity contribution in [2.75, 3.05) is 22.4 Å². The van der Waals surface area contributed by atoms with Crippen LogP contribution in [-0.2, 0) is 14.8 Å². The van der Waals surface area contributed by atoms with Crippen LogP contribution in [0.3, 0.4) is 0 Å². The number of carbonyl (C=O) groups excluding carboxylic acids is 1. The lowest BCUT2D eigenvalue weighted by molar-refractivity contribution is -0.114. The van der Waals surface area contributed by atoms with Crippen molar-refractivity contribution < 1.29 is 13.2 Å². The number of nitrogens with zero attached hydrogens (tertiary/aromatic N) is 5. The SMILES string of the molecule is Cc1ccc(N(CC(=O)Nc2cccc(-n3nnnc3C)c2)S(C)(=O)=O)cc1. The molecule has 2 aromatic carbocycles. The molecule has 0 radical (unpaired) electrons. The fourth-order valence-electron chi connectivity index (χ4n) is 2.63. The topological polar surface area (TPSA) is 110 Å². The van der Waals surface area contributed by atoms with E-state index in [9.17, 15) is 13.2 Å².